The average Bonchev–Trinajstić information content (AvgIpc) is 2.73. The van der Waals surface area contributed by atoms with Crippen LogP contribution in [0.1, 0.15) is 17.5 Å². The van der Waals surface area contributed by atoms with Gasteiger partial charge in [0, 0.05) is 25.2 Å². The summed E-state index contributed by atoms with van der Waals surface area (Å²) in [4.78, 5) is 6.04. The summed E-state index contributed by atoms with van der Waals surface area (Å²) >= 11 is 5.36. The molecule has 1 N–H and O–H groups in total. The first kappa shape index (κ1) is 17.0. The Bertz CT molecular complexity index is 738. The summed E-state index contributed by atoms with van der Waals surface area (Å²) in [6.07, 6.45) is 1.18. The Labute approximate surface area is 150 Å². The smallest absolute Gasteiger partial charge is 0.120 e. The summed E-state index contributed by atoms with van der Waals surface area (Å²) < 4.78 is 0.968. The van der Waals surface area contributed by atoms with Crippen LogP contribution in [0.2, 0.25) is 0 Å². The third kappa shape index (κ3) is 4.00. The monoisotopic (exact) mass is 366 g/mol. The molecule has 2 aromatic rings. The number of nitrogens with zero attached hydrogens (tertiary/aromatic N) is 2. The van der Waals surface area contributed by atoms with Gasteiger partial charge in [-0.25, -0.2) is 0 Å². The highest BCUT2D eigenvalue weighted by molar-refractivity contribution is 7.80. The van der Waals surface area contributed by atoms with Gasteiger partial charge in [0.1, 0.15) is 9.57 Å². The number of benzene rings is 1. The van der Waals surface area contributed by atoms with Crippen LogP contribution in [0.15, 0.2) is 18.2 Å². The number of hydrogen-bond acceptors (Lipinski definition) is 6. The molecule has 1 aliphatic rings. The van der Waals surface area contributed by atoms with E-state index in [9.17, 15) is 5.11 Å². The summed E-state index contributed by atoms with van der Waals surface area (Å²) in [6, 6.07) is 5.95. The van der Waals surface area contributed by atoms with Crippen LogP contribution in [0.25, 0.3) is 10.4 Å². The second kappa shape index (κ2) is 7.40. The molecule has 23 heavy (non-hydrogen) atoms. The summed E-state index contributed by atoms with van der Waals surface area (Å²) in [5, 5.41) is 10.3. The van der Waals surface area contributed by atoms with Crippen molar-refractivity contribution in [2.24, 2.45) is 0 Å². The molecule has 6 heteroatoms. The van der Waals surface area contributed by atoms with Crippen molar-refractivity contribution in [2.45, 2.75) is 19.9 Å². The molecule has 1 aromatic carbocycles. The van der Waals surface area contributed by atoms with E-state index < -0.39 is 0 Å². The Morgan fingerprint density at radius 3 is 2.74 bits per heavy atom. The number of hydrogen-bond donors (Lipinski definition) is 1. The lowest BCUT2D eigenvalue weighted by Gasteiger charge is -2.21. The minimum absolute atomic E-state index is 0.392. The van der Waals surface area contributed by atoms with Gasteiger partial charge in [0.05, 0.1) is 4.88 Å². The third-order valence-electron chi connectivity index (χ3n) is 4.40. The second-order valence-electron chi connectivity index (χ2n) is 6.18. The maximum atomic E-state index is 10.3. The summed E-state index contributed by atoms with van der Waals surface area (Å²) in [5.74, 6) is 0.392. The zero-order valence-corrected chi connectivity index (χ0v) is 16.0. The fourth-order valence-corrected chi connectivity index (χ4v) is 5.80. The standard InChI is InChI=1S/C17H22N2OS3/c1-12-16(22-23-17(12)21)13-4-5-15(20)14(10-13)11-19-7-3-6-18(2)8-9-19/h4-5,10,20H,3,6-9,11H2,1-2H3. The van der Waals surface area contributed by atoms with E-state index in [0.29, 0.717) is 5.75 Å². The minimum Gasteiger partial charge on any atom is -0.508 e. The maximum Gasteiger partial charge on any atom is 0.120 e. The van der Waals surface area contributed by atoms with Crippen molar-refractivity contribution < 1.29 is 5.11 Å². The largest absolute Gasteiger partial charge is 0.508 e. The quantitative estimate of drug-likeness (QED) is 0.645. The van der Waals surface area contributed by atoms with Crippen molar-refractivity contribution in [3.8, 4) is 16.2 Å². The summed E-state index contributed by atoms with van der Waals surface area (Å²) in [7, 11) is 5.56. The van der Waals surface area contributed by atoms with Gasteiger partial charge in [0.2, 0.25) is 0 Å². The van der Waals surface area contributed by atoms with Gasteiger partial charge in [-0.15, -0.1) is 0 Å². The van der Waals surface area contributed by atoms with E-state index in [2.05, 4.69) is 29.8 Å². The van der Waals surface area contributed by atoms with Gasteiger partial charge in [-0.2, -0.15) is 0 Å². The molecule has 124 valence electrons. The number of phenols is 1. The molecule has 0 atom stereocenters. The first-order chi connectivity index (χ1) is 11.0. The Morgan fingerprint density at radius 1 is 1.17 bits per heavy atom. The highest BCUT2D eigenvalue weighted by Gasteiger charge is 2.15. The van der Waals surface area contributed by atoms with Crippen molar-refractivity contribution in [3.63, 3.8) is 0 Å². The van der Waals surface area contributed by atoms with E-state index >= 15 is 0 Å². The van der Waals surface area contributed by atoms with Crippen molar-refractivity contribution in [1.82, 2.24) is 9.80 Å². The summed E-state index contributed by atoms with van der Waals surface area (Å²) in [5.41, 5.74) is 3.36. The Kier molecular flexibility index (Phi) is 5.49. The molecular weight excluding hydrogens is 344 g/mol. The SMILES string of the molecule is Cc1c(-c2ccc(O)c(CN3CCCN(C)CC3)c2)ssc1=S. The van der Waals surface area contributed by atoms with Gasteiger partial charge >= 0.3 is 0 Å². The molecule has 0 radical (unpaired) electrons. The molecule has 3 nitrogen and oxygen atoms in total. The van der Waals surface area contributed by atoms with E-state index in [1.165, 1.54) is 22.4 Å². The van der Waals surface area contributed by atoms with Crippen molar-refractivity contribution in [3.05, 3.63) is 33.1 Å². The second-order valence-corrected chi connectivity index (χ2v) is 9.00. The molecule has 1 fully saturated rings. The molecule has 0 amide bonds. The minimum atomic E-state index is 0.392. The van der Waals surface area contributed by atoms with Gasteiger partial charge in [-0.1, -0.05) is 32.9 Å². The Hall–Kier alpha value is -0.790. The predicted octanol–water partition coefficient (Wildman–Crippen LogP) is 4.36. The third-order valence-corrected chi connectivity index (χ3v) is 7.77. The van der Waals surface area contributed by atoms with Gasteiger partial charge < -0.3 is 10.0 Å². The van der Waals surface area contributed by atoms with E-state index in [4.69, 9.17) is 12.2 Å². The molecule has 1 aliphatic heterocycles. The van der Waals surface area contributed by atoms with Crippen molar-refractivity contribution in [2.75, 3.05) is 33.2 Å². The van der Waals surface area contributed by atoms with Crippen LogP contribution < -0.4 is 0 Å². The molecule has 0 saturated carbocycles. The van der Waals surface area contributed by atoms with Crippen LogP contribution in [0.4, 0.5) is 0 Å². The van der Waals surface area contributed by atoms with Gasteiger partial charge in [0.15, 0.2) is 0 Å². The lowest BCUT2D eigenvalue weighted by atomic mass is 10.1. The summed E-state index contributed by atoms with van der Waals surface area (Å²) in [6.45, 7) is 7.27. The number of rotatable bonds is 3. The van der Waals surface area contributed by atoms with Crippen LogP contribution in [-0.4, -0.2) is 48.1 Å². The molecule has 2 heterocycles. The highest BCUT2D eigenvalue weighted by Crippen LogP contribution is 2.36. The van der Waals surface area contributed by atoms with E-state index in [0.717, 1.165) is 42.1 Å². The number of aromatic hydroxyl groups is 1. The van der Waals surface area contributed by atoms with Crippen LogP contribution in [0.3, 0.4) is 0 Å². The number of likely N-dealkylation sites (N-methyl/N-ethyl adjacent to an activating group) is 1. The molecule has 0 bridgehead atoms. The van der Waals surface area contributed by atoms with E-state index in [1.54, 1.807) is 20.7 Å². The van der Waals surface area contributed by atoms with E-state index in [-0.39, 0.29) is 0 Å². The topological polar surface area (TPSA) is 26.7 Å². The lowest BCUT2D eigenvalue weighted by molar-refractivity contribution is 0.266. The van der Waals surface area contributed by atoms with Gasteiger partial charge in [-0.05, 0) is 62.8 Å². The predicted molar refractivity (Wildman–Crippen MR) is 102 cm³/mol. The molecule has 1 aromatic heterocycles. The van der Waals surface area contributed by atoms with Crippen LogP contribution in [-0.2, 0) is 6.54 Å². The van der Waals surface area contributed by atoms with Gasteiger partial charge in [0.25, 0.3) is 0 Å². The molecule has 1 saturated heterocycles. The molecular formula is C17H22N2OS3. The molecule has 0 aliphatic carbocycles. The van der Waals surface area contributed by atoms with Crippen molar-refractivity contribution in [1.29, 1.82) is 0 Å². The van der Waals surface area contributed by atoms with Crippen LogP contribution in [0, 0.1) is 10.7 Å². The van der Waals surface area contributed by atoms with Crippen LogP contribution >= 0.6 is 32.9 Å². The first-order valence-electron chi connectivity index (χ1n) is 7.87. The Morgan fingerprint density at radius 2 is 2.00 bits per heavy atom. The fraction of sp³-hybridized carbons (Fsp3) is 0.471. The lowest BCUT2D eigenvalue weighted by Crippen LogP contribution is -2.28. The van der Waals surface area contributed by atoms with Crippen LogP contribution in [0.5, 0.6) is 5.75 Å². The normalized spacial score (nSPS) is 17.3. The zero-order chi connectivity index (χ0) is 16.4. The number of phenolic OH excluding ortho intramolecular Hbond substituents is 1. The van der Waals surface area contributed by atoms with Gasteiger partial charge in [-0.3, -0.25) is 4.90 Å². The molecule has 0 unspecified atom stereocenters. The Balaban J connectivity index is 1.83. The maximum absolute atomic E-state index is 10.3. The van der Waals surface area contributed by atoms with Crippen molar-refractivity contribution >= 4 is 32.9 Å². The van der Waals surface area contributed by atoms with E-state index in [1.807, 2.05) is 12.1 Å². The highest BCUT2D eigenvalue weighted by atomic mass is 32.9. The molecule has 0 spiro atoms. The zero-order valence-electron chi connectivity index (χ0n) is 13.5. The molecule has 3 rings (SSSR count). The average molecular weight is 367 g/mol. The fourth-order valence-electron chi connectivity index (χ4n) is 2.91. The first-order valence-corrected chi connectivity index (χ1v) is 10.4.